The predicted octanol–water partition coefficient (Wildman–Crippen LogP) is 2.75. The van der Waals surface area contributed by atoms with E-state index in [1.807, 2.05) is 31.2 Å². The Kier molecular flexibility index (Phi) is 5.34. The lowest BCUT2D eigenvalue weighted by Crippen LogP contribution is -2.32. The average Bonchev–Trinajstić information content (AvgIpc) is 2.65. The lowest BCUT2D eigenvalue weighted by atomic mass is 10.0. The van der Waals surface area contributed by atoms with Crippen LogP contribution in [-0.4, -0.2) is 34.8 Å². The van der Waals surface area contributed by atoms with E-state index in [0.717, 1.165) is 11.1 Å². The molecule has 0 saturated heterocycles. The number of fused-ring (bicyclic) bond motifs is 1. The minimum absolute atomic E-state index is 0.00345. The molecule has 7 heteroatoms. The number of nitrogens with one attached hydrogen (secondary N) is 1. The highest BCUT2D eigenvalue weighted by molar-refractivity contribution is 7.92. The van der Waals surface area contributed by atoms with Gasteiger partial charge in [-0.15, -0.1) is 0 Å². The molecule has 0 spiro atoms. The van der Waals surface area contributed by atoms with Crippen molar-refractivity contribution in [3.63, 3.8) is 0 Å². The van der Waals surface area contributed by atoms with E-state index in [9.17, 15) is 13.2 Å². The van der Waals surface area contributed by atoms with E-state index in [4.69, 9.17) is 4.42 Å². The molecule has 0 unspecified atom stereocenters. The van der Waals surface area contributed by atoms with Gasteiger partial charge in [-0.1, -0.05) is 29.8 Å². The van der Waals surface area contributed by atoms with Crippen molar-refractivity contribution in [2.75, 3.05) is 30.7 Å². The Morgan fingerprint density at radius 3 is 2.44 bits per heavy atom. The summed E-state index contributed by atoms with van der Waals surface area (Å²) in [7, 11) is -0.212. The number of anilines is 1. The highest BCUT2D eigenvalue weighted by atomic mass is 32.2. The maximum atomic E-state index is 12.4. The Hall–Kier alpha value is -2.64. The molecule has 1 heterocycles. The maximum absolute atomic E-state index is 12.4. The Labute approximate surface area is 158 Å². The van der Waals surface area contributed by atoms with E-state index in [1.54, 1.807) is 31.3 Å². The molecule has 1 aromatic heterocycles. The Morgan fingerprint density at radius 1 is 1.07 bits per heavy atom. The molecular formula is C20H22N2O4S. The summed E-state index contributed by atoms with van der Waals surface area (Å²) in [5.41, 5.74) is 2.81. The van der Waals surface area contributed by atoms with Crippen molar-refractivity contribution in [2.45, 2.75) is 6.92 Å². The van der Waals surface area contributed by atoms with Crippen LogP contribution in [0.4, 0.5) is 5.69 Å². The third-order valence-electron chi connectivity index (χ3n) is 4.47. The van der Waals surface area contributed by atoms with Gasteiger partial charge in [0.2, 0.25) is 10.0 Å². The average molecular weight is 386 g/mol. The first kappa shape index (κ1) is 19.1. The third kappa shape index (κ3) is 4.04. The van der Waals surface area contributed by atoms with E-state index in [1.165, 1.54) is 11.4 Å². The summed E-state index contributed by atoms with van der Waals surface area (Å²) in [6.07, 6.45) is 0. The number of aryl methyl sites for hydroxylation is 1. The number of hydrogen-bond acceptors (Lipinski definition) is 5. The van der Waals surface area contributed by atoms with Crippen LogP contribution in [0.2, 0.25) is 0 Å². The van der Waals surface area contributed by atoms with Gasteiger partial charge in [0.15, 0.2) is 0 Å². The summed E-state index contributed by atoms with van der Waals surface area (Å²) in [5.74, 6) is -0.00345. The topological polar surface area (TPSA) is 79.6 Å². The largest absolute Gasteiger partial charge is 0.422 e. The van der Waals surface area contributed by atoms with Gasteiger partial charge in [-0.3, -0.25) is 4.31 Å². The number of nitrogens with zero attached hydrogens (tertiary/aromatic N) is 1. The number of sulfonamides is 1. The molecule has 27 heavy (non-hydrogen) atoms. The molecule has 1 N–H and O–H groups in total. The lowest BCUT2D eigenvalue weighted by molar-refractivity contribution is 0.563. The van der Waals surface area contributed by atoms with Gasteiger partial charge in [-0.25, -0.2) is 13.2 Å². The quantitative estimate of drug-likeness (QED) is 0.659. The van der Waals surface area contributed by atoms with Crippen molar-refractivity contribution in [3.8, 4) is 11.1 Å². The molecule has 0 radical (unpaired) electrons. The van der Waals surface area contributed by atoms with Crippen LogP contribution >= 0.6 is 0 Å². The second-order valence-electron chi connectivity index (χ2n) is 6.42. The molecule has 0 atom stereocenters. The number of benzene rings is 2. The Balaban J connectivity index is 2.05. The fourth-order valence-corrected chi connectivity index (χ4v) is 3.94. The zero-order valence-electron chi connectivity index (χ0n) is 15.5. The first-order valence-electron chi connectivity index (χ1n) is 8.58. The van der Waals surface area contributed by atoms with Crippen molar-refractivity contribution >= 4 is 26.7 Å². The summed E-state index contributed by atoms with van der Waals surface area (Å²) in [4.78, 5) is 12.3. The van der Waals surface area contributed by atoms with Crippen molar-refractivity contribution < 1.29 is 12.8 Å². The fourth-order valence-electron chi connectivity index (χ4n) is 2.77. The van der Waals surface area contributed by atoms with Gasteiger partial charge < -0.3 is 9.73 Å². The van der Waals surface area contributed by atoms with E-state index in [-0.39, 0.29) is 5.75 Å². The second kappa shape index (κ2) is 7.54. The molecule has 0 amide bonds. The smallest absolute Gasteiger partial charge is 0.344 e. The van der Waals surface area contributed by atoms with E-state index in [2.05, 4.69) is 5.32 Å². The fraction of sp³-hybridized carbons (Fsp3) is 0.250. The lowest BCUT2D eigenvalue weighted by Gasteiger charge is -2.19. The Bertz CT molecular complexity index is 1120. The van der Waals surface area contributed by atoms with Crippen LogP contribution < -0.4 is 15.2 Å². The van der Waals surface area contributed by atoms with Crippen LogP contribution in [0.1, 0.15) is 5.56 Å². The van der Waals surface area contributed by atoms with Crippen molar-refractivity contribution in [3.05, 3.63) is 64.5 Å². The zero-order chi connectivity index (χ0) is 19.6. The monoisotopic (exact) mass is 386 g/mol. The van der Waals surface area contributed by atoms with Crippen LogP contribution in [0.15, 0.2) is 57.7 Å². The first-order valence-corrected chi connectivity index (χ1v) is 10.2. The van der Waals surface area contributed by atoms with Crippen LogP contribution in [0, 0.1) is 6.92 Å². The first-order chi connectivity index (χ1) is 12.8. The van der Waals surface area contributed by atoms with E-state index < -0.39 is 15.6 Å². The van der Waals surface area contributed by atoms with Gasteiger partial charge in [-0.05, 0) is 43.8 Å². The molecule has 0 saturated carbocycles. The predicted molar refractivity (Wildman–Crippen MR) is 109 cm³/mol. The van der Waals surface area contributed by atoms with E-state index in [0.29, 0.717) is 28.8 Å². The van der Waals surface area contributed by atoms with Crippen molar-refractivity contribution in [2.24, 2.45) is 0 Å². The summed E-state index contributed by atoms with van der Waals surface area (Å²) < 4.78 is 31.5. The maximum Gasteiger partial charge on any atom is 0.344 e. The van der Waals surface area contributed by atoms with Gasteiger partial charge >= 0.3 is 5.63 Å². The minimum atomic E-state index is -3.44. The molecule has 0 aliphatic heterocycles. The Morgan fingerprint density at radius 2 is 1.78 bits per heavy atom. The van der Waals surface area contributed by atoms with Gasteiger partial charge in [0.25, 0.3) is 0 Å². The summed E-state index contributed by atoms with van der Waals surface area (Å²) in [6, 6.07) is 14.3. The summed E-state index contributed by atoms with van der Waals surface area (Å²) in [5, 5.41) is 3.51. The molecule has 3 rings (SSSR count). The second-order valence-corrected chi connectivity index (χ2v) is 8.54. The molecule has 2 aromatic carbocycles. The standard InChI is InChI=1S/C20H22N2O4S/c1-14-4-6-15(7-5-14)18-13-16-12-17(8-9-19(16)26-20(18)23)22(3)27(24,25)11-10-21-2/h4-9,12-13,21H,10-11H2,1-3H3. The number of hydrogen-bond donors (Lipinski definition) is 1. The van der Waals surface area contributed by atoms with E-state index >= 15 is 0 Å². The minimum Gasteiger partial charge on any atom is -0.422 e. The highest BCUT2D eigenvalue weighted by Crippen LogP contribution is 2.26. The van der Waals surface area contributed by atoms with Gasteiger partial charge in [0, 0.05) is 19.0 Å². The summed E-state index contributed by atoms with van der Waals surface area (Å²) in [6.45, 7) is 2.34. The molecule has 0 fully saturated rings. The van der Waals surface area contributed by atoms with Crippen LogP contribution in [0.5, 0.6) is 0 Å². The zero-order valence-corrected chi connectivity index (χ0v) is 16.3. The summed E-state index contributed by atoms with van der Waals surface area (Å²) >= 11 is 0. The molecular weight excluding hydrogens is 364 g/mol. The van der Waals surface area contributed by atoms with Crippen molar-refractivity contribution in [1.82, 2.24) is 5.32 Å². The van der Waals surface area contributed by atoms with Crippen LogP contribution in [0.25, 0.3) is 22.1 Å². The van der Waals surface area contributed by atoms with Gasteiger partial charge in [0.05, 0.1) is 17.0 Å². The van der Waals surface area contributed by atoms with Gasteiger partial charge in [0.1, 0.15) is 5.58 Å². The molecule has 0 bridgehead atoms. The molecule has 3 aromatic rings. The molecule has 6 nitrogen and oxygen atoms in total. The highest BCUT2D eigenvalue weighted by Gasteiger charge is 2.18. The van der Waals surface area contributed by atoms with Crippen LogP contribution in [-0.2, 0) is 10.0 Å². The normalized spacial score (nSPS) is 11.7. The molecule has 0 aliphatic carbocycles. The molecule has 142 valence electrons. The van der Waals surface area contributed by atoms with Crippen molar-refractivity contribution in [1.29, 1.82) is 0 Å². The number of rotatable bonds is 6. The molecule has 0 aliphatic rings. The third-order valence-corrected chi connectivity index (χ3v) is 6.23. The SMILES string of the molecule is CNCCS(=O)(=O)N(C)c1ccc2oc(=O)c(-c3ccc(C)cc3)cc2c1. The van der Waals surface area contributed by atoms with Crippen LogP contribution in [0.3, 0.4) is 0 Å². The van der Waals surface area contributed by atoms with Gasteiger partial charge in [-0.2, -0.15) is 0 Å².